The molecule has 1 aromatic carbocycles. The molecule has 2 heterocycles. The van der Waals surface area contributed by atoms with Gasteiger partial charge in [0.2, 0.25) is 11.8 Å². The molecular formula is C21H31N5O3. The predicted octanol–water partition coefficient (Wildman–Crippen LogP) is 1.16. The second kappa shape index (κ2) is 9.73. The molecule has 8 nitrogen and oxygen atoms in total. The maximum absolute atomic E-state index is 12.9. The van der Waals surface area contributed by atoms with Crippen LogP contribution in [0.15, 0.2) is 30.3 Å². The summed E-state index contributed by atoms with van der Waals surface area (Å²) in [6.45, 7) is 4.36. The van der Waals surface area contributed by atoms with E-state index in [0.717, 1.165) is 18.8 Å². The van der Waals surface area contributed by atoms with Crippen LogP contribution in [0.4, 0.5) is 10.5 Å². The van der Waals surface area contributed by atoms with Crippen LogP contribution >= 0.6 is 0 Å². The van der Waals surface area contributed by atoms with Crippen LogP contribution in [0.5, 0.6) is 0 Å². The summed E-state index contributed by atoms with van der Waals surface area (Å²) in [5.74, 6) is 0.253. The van der Waals surface area contributed by atoms with Gasteiger partial charge in [0.25, 0.3) is 0 Å². The van der Waals surface area contributed by atoms with Crippen LogP contribution in [0.3, 0.4) is 0 Å². The number of nitrogens with zero attached hydrogens (tertiary/aromatic N) is 4. The number of carbonyl (C=O) groups excluding carboxylic acids is 3. The Kier molecular flexibility index (Phi) is 7.09. The molecule has 0 spiro atoms. The summed E-state index contributed by atoms with van der Waals surface area (Å²) >= 11 is 0. The third kappa shape index (κ3) is 5.69. The first-order valence-corrected chi connectivity index (χ1v) is 10.3. The zero-order valence-corrected chi connectivity index (χ0v) is 17.3. The van der Waals surface area contributed by atoms with Gasteiger partial charge in [0, 0.05) is 65.0 Å². The molecule has 158 valence electrons. The number of amides is 4. The fourth-order valence-corrected chi connectivity index (χ4v) is 3.77. The van der Waals surface area contributed by atoms with Gasteiger partial charge in [-0.1, -0.05) is 18.2 Å². The van der Waals surface area contributed by atoms with Crippen molar-refractivity contribution < 1.29 is 14.4 Å². The van der Waals surface area contributed by atoms with E-state index in [9.17, 15) is 14.4 Å². The molecule has 2 fully saturated rings. The number of anilines is 1. The molecule has 29 heavy (non-hydrogen) atoms. The molecule has 1 aromatic rings. The summed E-state index contributed by atoms with van der Waals surface area (Å²) in [7, 11) is 3.52. The fraction of sp³-hybridized carbons (Fsp3) is 0.571. The number of nitrogens with one attached hydrogen (secondary N) is 1. The molecule has 0 aliphatic carbocycles. The Morgan fingerprint density at radius 1 is 0.931 bits per heavy atom. The maximum Gasteiger partial charge on any atom is 0.321 e. The fourth-order valence-electron chi connectivity index (χ4n) is 3.77. The highest BCUT2D eigenvalue weighted by Gasteiger charge is 2.32. The quantitative estimate of drug-likeness (QED) is 0.822. The Balaban J connectivity index is 1.41. The standard InChI is InChI=1S/C21H31N5O3/c1-23(2)19(27)16-24-12-14-25(15-13-24)20(28)17-8-10-26(11-9-17)21(29)22-18-6-4-3-5-7-18/h3-7,17H,8-16H2,1-2H3,(H,22,29). The van der Waals surface area contributed by atoms with Gasteiger partial charge in [-0.05, 0) is 25.0 Å². The van der Waals surface area contributed by atoms with Crippen molar-refractivity contribution in [2.75, 3.05) is 65.2 Å². The third-order valence-electron chi connectivity index (χ3n) is 5.70. The first-order valence-electron chi connectivity index (χ1n) is 10.3. The van der Waals surface area contributed by atoms with Crippen molar-refractivity contribution >= 4 is 23.5 Å². The summed E-state index contributed by atoms with van der Waals surface area (Å²) in [6, 6.07) is 9.29. The Morgan fingerprint density at radius 2 is 1.55 bits per heavy atom. The molecule has 0 aromatic heterocycles. The molecule has 0 bridgehead atoms. The van der Waals surface area contributed by atoms with Crippen LogP contribution in [0.2, 0.25) is 0 Å². The topological polar surface area (TPSA) is 76.2 Å². The van der Waals surface area contributed by atoms with Crippen LogP contribution in [0.25, 0.3) is 0 Å². The number of likely N-dealkylation sites (tertiary alicyclic amines) is 1. The number of carbonyl (C=O) groups is 3. The molecule has 0 atom stereocenters. The van der Waals surface area contributed by atoms with Gasteiger partial charge in [0.1, 0.15) is 0 Å². The molecule has 2 aliphatic rings. The summed E-state index contributed by atoms with van der Waals surface area (Å²) < 4.78 is 0. The van der Waals surface area contributed by atoms with E-state index in [4.69, 9.17) is 0 Å². The summed E-state index contributed by atoms with van der Waals surface area (Å²) in [5, 5.41) is 2.90. The zero-order chi connectivity index (χ0) is 20.8. The smallest absolute Gasteiger partial charge is 0.321 e. The molecule has 0 unspecified atom stereocenters. The van der Waals surface area contributed by atoms with E-state index in [1.165, 1.54) is 0 Å². The van der Waals surface area contributed by atoms with Crippen LogP contribution in [0, 0.1) is 5.92 Å². The van der Waals surface area contributed by atoms with E-state index in [1.807, 2.05) is 35.2 Å². The first-order chi connectivity index (χ1) is 13.9. The number of para-hydroxylation sites is 1. The van der Waals surface area contributed by atoms with Crippen molar-refractivity contribution in [2.45, 2.75) is 12.8 Å². The number of piperidine rings is 1. The largest absolute Gasteiger partial charge is 0.348 e. The van der Waals surface area contributed by atoms with Gasteiger partial charge >= 0.3 is 6.03 Å². The Morgan fingerprint density at radius 3 is 2.14 bits per heavy atom. The van der Waals surface area contributed by atoms with Crippen LogP contribution in [-0.2, 0) is 9.59 Å². The minimum atomic E-state index is -0.110. The number of benzene rings is 1. The highest BCUT2D eigenvalue weighted by molar-refractivity contribution is 5.89. The molecule has 4 amide bonds. The van der Waals surface area contributed by atoms with Crippen molar-refractivity contribution in [2.24, 2.45) is 5.92 Å². The lowest BCUT2D eigenvalue weighted by Crippen LogP contribution is -2.53. The van der Waals surface area contributed by atoms with E-state index in [0.29, 0.717) is 45.6 Å². The van der Waals surface area contributed by atoms with Crippen molar-refractivity contribution in [3.8, 4) is 0 Å². The number of likely N-dealkylation sites (N-methyl/N-ethyl adjacent to an activating group) is 1. The summed E-state index contributed by atoms with van der Waals surface area (Å²) in [5.41, 5.74) is 0.779. The minimum Gasteiger partial charge on any atom is -0.348 e. The minimum absolute atomic E-state index is 0.0225. The van der Waals surface area contributed by atoms with Crippen molar-refractivity contribution in [1.29, 1.82) is 0 Å². The Bertz CT molecular complexity index is 708. The molecule has 3 rings (SSSR count). The molecular weight excluding hydrogens is 370 g/mol. The second-order valence-corrected chi connectivity index (χ2v) is 7.95. The molecule has 2 aliphatic heterocycles. The number of piperazine rings is 1. The predicted molar refractivity (Wildman–Crippen MR) is 111 cm³/mol. The number of rotatable bonds is 4. The summed E-state index contributed by atoms with van der Waals surface area (Å²) in [4.78, 5) is 44.5. The van der Waals surface area contributed by atoms with Crippen LogP contribution < -0.4 is 5.32 Å². The molecule has 2 saturated heterocycles. The normalized spacial score (nSPS) is 18.4. The highest BCUT2D eigenvalue weighted by Crippen LogP contribution is 2.21. The first kappa shape index (κ1) is 21.1. The molecule has 8 heteroatoms. The average Bonchev–Trinajstić information content (AvgIpc) is 2.74. The third-order valence-corrected chi connectivity index (χ3v) is 5.70. The summed E-state index contributed by atoms with van der Waals surface area (Å²) in [6.07, 6.45) is 1.39. The molecule has 0 radical (unpaired) electrons. The van der Waals surface area contributed by atoms with Gasteiger partial charge < -0.3 is 20.0 Å². The van der Waals surface area contributed by atoms with E-state index < -0.39 is 0 Å². The van der Waals surface area contributed by atoms with Crippen molar-refractivity contribution in [3.63, 3.8) is 0 Å². The number of urea groups is 1. The number of hydrogen-bond donors (Lipinski definition) is 1. The number of hydrogen-bond acceptors (Lipinski definition) is 4. The lowest BCUT2D eigenvalue weighted by atomic mass is 9.95. The monoisotopic (exact) mass is 401 g/mol. The van der Waals surface area contributed by atoms with Gasteiger partial charge in [-0.2, -0.15) is 0 Å². The Hall–Kier alpha value is -2.61. The second-order valence-electron chi connectivity index (χ2n) is 7.95. The van der Waals surface area contributed by atoms with Gasteiger partial charge in [0.15, 0.2) is 0 Å². The van der Waals surface area contributed by atoms with E-state index in [2.05, 4.69) is 10.2 Å². The van der Waals surface area contributed by atoms with Gasteiger partial charge in [0.05, 0.1) is 6.54 Å². The maximum atomic E-state index is 12.9. The van der Waals surface area contributed by atoms with Crippen molar-refractivity contribution in [1.82, 2.24) is 19.6 Å². The van der Waals surface area contributed by atoms with Crippen molar-refractivity contribution in [3.05, 3.63) is 30.3 Å². The van der Waals surface area contributed by atoms with Crippen LogP contribution in [0.1, 0.15) is 12.8 Å². The van der Waals surface area contributed by atoms with Crippen LogP contribution in [-0.4, -0.2) is 97.4 Å². The Labute approximate surface area is 172 Å². The average molecular weight is 402 g/mol. The van der Waals surface area contributed by atoms with Gasteiger partial charge in [-0.3, -0.25) is 14.5 Å². The van der Waals surface area contributed by atoms with E-state index in [1.54, 1.807) is 23.9 Å². The van der Waals surface area contributed by atoms with Gasteiger partial charge in [-0.15, -0.1) is 0 Å². The lowest BCUT2D eigenvalue weighted by molar-refractivity contribution is -0.139. The molecule has 0 saturated carbocycles. The van der Waals surface area contributed by atoms with E-state index in [-0.39, 0.29) is 23.8 Å². The SMILES string of the molecule is CN(C)C(=O)CN1CCN(C(=O)C2CCN(C(=O)Nc3ccccc3)CC2)CC1. The van der Waals surface area contributed by atoms with E-state index >= 15 is 0 Å². The lowest BCUT2D eigenvalue weighted by Gasteiger charge is -2.38. The zero-order valence-electron chi connectivity index (χ0n) is 17.3. The molecule has 1 N–H and O–H groups in total. The highest BCUT2D eigenvalue weighted by atomic mass is 16.2. The van der Waals surface area contributed by atoms with Gasteiger partial charge in [-0.25, -0.2) is 4.79 Å².